The number of amides is 3. The van der Waals surface area contributed by atoms with E-state index in [-0.39, 0.29) is 11.7 Å². The Bertz CT molecular complexity index is 1000. The van der Waals surface area contributed by atoms with Gasteiger partial charge in [-0.1, -0.05) is 24.5 Å². The van der Waals surface area contributed by atoms with Gasteiger partial charge in [0, 0.05) is 42.1 Å². The summed E-state index contributed by atoms with van der Waals surface area (Å²) < 4.78 is 5.08. The number of nitrogens with one attached hydrogen (secondary N) is 3. The van der Waals surface area contributed by atoms with Crippen molar-refractivity contribution in [3.8, 4) is 0 Å². The Morgan fingerprint density at radius 3 is 2.68 bits per heavy atom. The molecule has 0 aliphatic heterocycles. The first-order valence-corrected chi connectivity index (χ1v) is 12.4. The SMILES string of the molecule is Cc1ccc(NC(=O)Nc2ncc(CCNC(=O)OCCN(C)C)s2)c(C(=O)C2CCCC2)c1. The number of ether oxygens (including phenoxy) is 1. The van der Waals surface area contributed by atoms with Crippen LogP contribution in [0.25, 0.3) is 0 Å². The Balaban J connectivity index is 1.49. The molecule has 9 nitrogen and oxygen atoms in total. The number of rotatable bonds is 10. The van der Waals surface area contributed by atoms with Crippen LogP contribution in [0.1, 0.15) is 46.5 Å². The molecule has 0 bridgehead atoms. The summed E-state index contributed by atoms with van der Waals surface area (Å²) in [6.07, 6.45) is 5.74. The van der Waals surface area contributed by atoms with E-state index in [0.29, 0.717) is 42.5 Å². The van der Waals surface area contributed by atoms with Crippen LogP contribution in [0, 0.1) is 12.8 Å². The van der Waals surface area contributed by atoms with Crippen molar-refractivity contribution in [1.82, 2.24) is 15.2 Å². The van der Waals surface area contributed by atoms with Gasteiger partial charge in [0.15, 0.2) is 10.9 Å². The Morgan fingerprint density at radius 2 is 1.94 bits per heavy atom. The van der Waals surface area contributed by atoms with Crippen molar-refractivity contribution in [2.24, 2.45) is 5.92 Å². The third-order valence-electron chi connectivity index (χ3n) is 5.60. The van der Waals surface area contributed by atoms with Crippen molar-refractivity contribution in [1.29, 1.82) is 0 Å². The van der Waals surface area contributed by atoms with Gasteiger partial charge < -0.3 is 20.3 Å². The van der Waals surface area contributed by atoms with E-state index in [1.165, 1.54) is 11.3 Å². The minimum atomic E-state index is -0.454. The zero-order valence-electron chi connectivity index (χ0n) is 20.0. The van der Waals surface area contributed by atoms with E-state index in [4.69, 9.17) is 4.74 Å². The van der Waals surface area contributed by atoms with Gasteiger partial charge in [0.05, 0.1) is 5.69 Å². The molecule has 1 fully saturated rings. The molecule has 1 heterocycles. The Kier molecular flexibility index (Phi) is 9.41. The minimum absolute atomic E-state index is 0.0332. The second kappa shape index (κ2) is 12.5. The number of likely N-dealkylation sites (N-methyl/N-ethyl adjacent to an activating group) is 1. The summed E-state index contributed by atoms with van der Waals surface area (Å²) in [6, 6.07) is 5.04. The average molecular weight is 488 g/mol. The lowest BCUT2D eigenvalue weighted by Crippen LogP contribution is -2.29. The molecule has 1 aromatic carbocycles. The lowest BCUT2D eigenvalue weighted by Gasteiger charge is -2.14. The number of carbonyl (C=O) groups excluding carboxylic acids is 3. The molecule has 184 valence electrons. The van der Waals surface area contributed by atoms with Crippen LogP contribution < -0.4 is 16.0 Å². The summed E-state index contributed by atoms with van der Waals surface area (Å²) >= 11 is 1.33. The maximum atomic E-state index is 13.0. The molecule has 1 aliphatic carbocycles. The molecule has 3 rings (SSSR count). The predicted molar refractivity (Wildman–Crippen MR) is 134 cm³/mol. The van der Waals surface area contributed by atoms with E-state index in [1.807, 2.05) is 38.1 Å². The van der Waals surface area contributed by atoms with E-state index >= 15 is 0 Å². The Hall–Kier alpha value is -2.98. The first-order valence-electron chi connectivity index (χ1n) is 11.5. The lowest BCUT2D eigenvalue weighted by atomic mass is 9.94. The maximum absolute atomic E-state index is 13.0. The summed E-state index contributed by atoms with van der Waals surface area (Å²) in [5.74, 6) is 0.131. The number of ketones is 1. The number of hydrogen-bond acceptors (Lipinski definition) is 7. The zero-order valence-corrected chi connectivity index (χ0v) is 20.8. The number of aromatic nitrogens is 1. The first kappa shape index (κ1) is 25.6. The number of urea groups is 1. The van der Waals surface area contributed by atoms with Gasteiger partial charge in [0.1, 0.15) is 6.61 Å². The first-order chi connectivity index (χ1) is 16.3. The van der Waals surface area contributed by atoms with Crippen molar-refractivity contribution in [3.63, 3.8) is 0 Å². The van der Waals surface area contributed by atoms with Gasteiger partial charge in [-0.25, -0.2) is 14.6 Å². The molecule has 0 atom stereocenters. The number of carbonyl (C=O) groups is 3. The summed E-state index contributed by atoms with van der Waals surface area (Å²) in [7, 11) is 3.82. The van der Waals surface area contributed by atoms with Gasteiger partial charge in [-0.2, -0.15) is 0 Å². The normalized spacial score (nSPS) is 13.6. The summed E-state index contributed by atoms with van der Waals surface area (Å²) in [5, 5.41) is 8.67. The number of anilines is 2. The summed E-state index contributed by atoms with van der Waals surface area (Å²) in [6.45, 7) is 3.34. The fourth-order valence-corrected chi connectivity index (χ4v) is 4.58. The summed E-state index contributed by atoms with van der Waals surface area (Å²) in [4.78, 5) is 44.3. The van der Waals surface area contributed by atoms with Crippen molar-refractivity contribution < 1.29 is 19.1 Å². The number of hydrogen-bond donors (Lipinski definition) is 3. The molecule has 34 heavy (non-hydrogen) atoms. The van der Waals surface area contributed by atoms with E-state index in [0.717, 1.165) is 36.1 Å². The van der Waals surface area contributed by atoms with Gasteiger partial charge in [-0.3, -0.25) is 10.1 Å². The van der Waals surface area contributed by atoms with Crippen LogP contribution in [0.3, 0.4) is 0 Å². The van der Waals surface area contributed by atoms with Gasteiger partial charge >= 0.3 is 12.1 Å². The Labute approximate surface area is 204 Å². The molecular weight excluding hydrogens is 454 g/mol. The summed E-state index contributed by atoms with van der Waals surface area (Å²) in [5.41, 5.74) is 2.05. The molecule has 0 saturated heterocycles. The van der Waals surface area contributed by atoms with Crippen molar-refractivity contribution in [3.05, 3.63) is 40.4 Å². The van der Waals surface area contributed by atoms with Crippen LogP contribution in [0.2, 0.25) is 0 Å². The number of aryl methyl sites for hydroxylation is 1. The van der Waals surface area contributed by atoms with Crippen molar-refractivity contribution >= 4 is 40.1 Å². The van der Waals surface area contributed by atoms with Crippen LogP contribution in [0.4, 0.5) is 20.4 Å². The number of nitrogens with zero attached hydrogens (tertiary/aromatic N) is 2. The smallest absolute Gasteiger partial charge is 0.407 e. The number of Topliss-reactive ketones (excluding diaryl/α,β-unsaturated/α-hetero) is 1. The predicted octanol–water partition coefficient (Wildman–Crippen LogP) is 4.30. The third kappa shape index (κ3) is 7.81. The number of benzene rings is 1. The Morgan fingerprint density at radius 1 is 1.18 bits per heavy atom. The zero-order chi connectivity index (χ0) is 24.5. The number of alkyl carbamates (subject to hydrolysis) is 1. The van der Waals surface area contributed by atoms with Crippen molar-refractivity contribution in [2.75, 3.05) is 44.4 Å². The minimum Gasteiger partial charge on any atom is -0.448 e. The van der Waals surface area contributed by atoms with Crippen LogP contribution in [0.5, 0.6) is 0 Å². The third-order valence-corrected chi connectivity index (χ3v) is 6.57. The highest BCUT2D eigenvalue weighted by Gasteiger charge is 2.26. The fraction of sp³-hybridized carbons (Fsp3) is 0.500. The van der Waals surface area contributed by atoms with Gasteiger partial charge in [-0.15, -0.1) is 11.3 Å². The molecule has 3 amide bonds. The average Bonchev–Trinajstić information content (AvgIpc) is 3.47. The van der Waals surface area contributed by atoms with Crippen molar-refractivity contribution in [2.45, 2.75) is 39.0 Å². The molecule has 1 aromatic heterocycles. The number of thiazole rings is 1. The van der Waals surface area contributed by atoms with E-state index in [1.54, 1.807) is 12.3 Å². The van der Waals surface area contributed by atoms with Crippen LogP contribution in [-0.4, -0.2) is 61.6 Å². The highest BCUT2D eigenvalue weighted by molar-refractivity contribution is 7.15. The molecule has 0 radical (unpaired) electrons. The highest BCUT2D eigenvalue weighted by atomic mass is 32.1. The molecule has 3 N–H and O–H groups in total. The second-order valence-electron chi connectivity index (χ2n) is 8.72. The fourth-order valence-electron chi connectivity index (χ4n) is 3.77. The van der Waals surface area contributed by atoms with E-state index in [9.17, 15) is 14.4 Å². The van der Waals surface area contributed by atoms with Gasteiger partial charge in [-0.05, 0) is 46.0 Å². The van der Waals surface area contributed by atoms with Crippen LogP contribution >= 0.6 is 11.3 Å². The largest absolute Gasteiger partial charge is 0.448 e. The van der Waals surface area contributed by atoms with Gasteiger partial charge in [0.2, 0.25) is 0 Å². The van der Waals surface area contributed by atoms with E-state index < -0.39 is 12.1 Å². The quantitative estimate of drug-likeness (QED) is 0.431. The molecule has 0 unspecified atom stereocenters. The molecule has 1 aliphatic rings. The highest BCUT2D eigenvalue weighted by Crippen LogP contribution is 2.31. The molecule has 2 aromatic rings. The van der Waals surface area contributed by atoms with Crippen LogP contribution in [-0.2, 0) is 11.2 Å². The van der Waals surface area contributed by atoms with Gasteiger partial charge in [0.25, 0.3) is 0 Å². The second-order valence-corrected chi connectivity index (χ2v) is 9.84. The molecule has 1 saturated carbocycles. The molecule has 10 heteroatoms. The lowest BCUT2D eigenvalue weighted by molar-refractivity contribution is 0.0923. The standard InChI is InChI=1S/C24H33N5O4S/c1-16-8-9-20(19(14-16)21(30)17-6-4-5-7-17)27-22(31)28-23-26-15-18(34-23)10-11-25-24(32)33-13-12-29(2)3/h8-9,14-15,17H,4-7,10-13H2,1-3H3,(H,25,32)(H2,26,27,28,31). The molecule has 0 spiro atoms. The van der Waals surface area contributed by atoms with Crippen LogP contribution in [0.15, 0.2) is 24.4 Å². The maximum Gasteiger partial charge on any atom is 0.407 e. The molecular formula is C24H33N5O4S. The monoisotopic (exact) mass is 487 g/mol. The topological polar surface area (TPSA) is 113 Å². The van der Waals surface area contributed by atoms with E-state index in [2.05, 4.69) is 20.9 Å².